The lowest BCUT2D eigenvalue weighted by atomic mass is 9.96. The summed E-state index contributed by atoms with van der Waals surface area (Å²) >= 11 is 0. The molecule has 2 nitrogen and oxygen atoms in total. The molecule has 2 heteroatoms. The number of hydrogen-bond acceptors (Lipinski definition) is 2. The van der Waals surface area contributed by atoms with Crippen LogP contribution in [0.3, 0.4) is 0 Å². The molecular weight excluding hydrogens is 186 g/mol. The number of methoxy groups -OCH3 is 1. The molecule has 15 heavy (non-hydrogen) atoms. The van der Waals surface area contributed by atoms with Gasteiger partial charge in [0.25, 0.3) is 0 Å². The van der Waals surface area contributed by atoms with Crippen molar-refractivity contribution in [3.63, 3.8) is 0 Å². The van der Waals surface area contributed by atoms with Gasteiger partial charge in [0.1, 0.15) is 0 Å². The van der Waals surface area contributed by atoms with Crippen molar-refractivity contribution >= 4 is 0 Å². The second kappa shape index (κ2) is 3.32. The molecule has 1 fully saturated rings. The summed E-state index contributed by atoms with van der Waals surface area (Å²) in [6.07, 6.45) is 1.07. The summed E-state index contributed by atoms with van der Waals surface area (Å²) in [5, 5.41) is 0. The lowest BCUT2D eigenvalue weighted by Gasteiger charge is -2.15. The molecule has 0 amide bonds. The van der Waals surface area contributed by atoms with Crippen molar-refractivity contribution in [3.8, 4) is 0 Å². The average Bonchev–Trinajstić information content (AvgIpc) is 2.69. The number of rotatable bonds is 3. The van der Waals surface area contributed by atoms with Crippen LogP contribution in [0.4, 0.5) is 0 Å². The average molecular weight is 205 g/mol. The van der Waals surface area contributed by atoms with Gasteiger partial charge in [-0.05, 0) is 23.0 Å². The summed E-state index contributed by atoms with van der Waals surface area (Å²) in [4.78, 5) is 0. The first-order valence-electron chi connectivity index (χ1n) is 5.37. The van der Waals surface area contributed by atoms with Crippen LogP contribution in [0.1, 0.15) is 31.4 Å². The van der Waals surface area contributed by atoms with Crippen LogP contribution in [-0.2, 0) is 16.9 Å². The maximum atomic E-state index is 6.34. The molecule has 0 bridgehead atoms. The molecule has 1 aliphatic carbocycles. The molecule has 0 aromatic heterocycles. The Balaban J connectivity index is 2.18. The normalized spacial score (nSPS) is 27.7. The van der Waals surface area contributed by atoms with Crippen molar-refractivity contribution in [1.82, 2.24) is 0 Å². The maximum Gasteiger partial charge on any atom is 0.0713 e. The fourth-order valence-corrected chi connectivity index (χ4v) is 2.21. The fourth-order valence-electron chi connectivity index (χ4n) is 2.21. The summed E-state index contributed by atoms with van der Waals surface area (Å²) in [7, 11) is 1.71. The molecule has 0 spiro atoms. The third-order valence-electron chi connectivity index (χ3n) is 3.58. The lowest BCUT2D eigenvalue weighted by Crippen LogP contribution is -2.25. The van der Waals surface area contributed by atoms with Gasteiger partial charge in [0, 0.05) is 12.6 Å². The summed E-state index contributed by atoms with van der Waals surface area (Å²) in [5.41, 5.74) is 8.91. The van der Waals surface area contributed by atoms with Crippen LogP contribution in [0.2, 0.25) is 0 Å². The first kappa shape index (κ1) is 10.7. The fraction of sp³-hybridized carbons (Fsp3) is 0.538. The van der Waals surface area contributed by atoms with Gasteiger partial charge in [-0.25, -0.2) is 0 Å². The van der Waals surface area contributed by atoms with E-state index in [2.05, 4.69) is 38.1 Å². The van der Waals surface area contributed by atoms with Crippen molar-refractivity contribution in [2.24, 2.45) is 11.1 Å². The second-order valence-corrected chi connectivity index (χ2v) is 5.16. The Morgan fingerprint density at radius 3 is 2.20 bits per heavy atom. The number of benzene rings is 1. The van der Waals surface area contributed by atoms with Gasteiger partial charge in [0.15, 0.2) is 0 Å². The molecule has 1 saturated carbocycles. The zero-order valence-electron chi connectivity index (χ0n) is 9.71. The molecule has 0 aliphatic heterocycles. The van der Waals surface area contributed by atoms with Gasteiger partial charge in [-0.15, -0.1) is 0 Å². The molecule has 1 atom stereocenters. The highest BCUT2D eigenvalue weighted by Crippen LogP contribution is 2.60. The van der Waals surface area contributed by atoms with Crippen molar-refractivity contribution in [3.05, 3.63) is 35.4 Å². The van der Waals surface area contributed by atoms with Crippen molar-refractivity contribution < 1.29 is 4.74 Å². The highest BCUT2D eigenvalue weighted by atomic mass is 16.5. The Morgan fingerprint density at radius 1 is 1.27 bits per heavy atom. The molecule has 1 unspecified atom stereocenters. The van der Waals surface area contributed by atoms with E-state index in [1.54, 1.807) is 7.11 Å². The van der Waals surface area contributed by atoms with Crippen LogP contribution in [-0.4, -0.2) is 7.11 Å². The zero-order valence-corrected chi connectivity index (χ0v) is 9.71. The largest absolute Gasteiger partial charge is 0.380 e. The molecule has 82 valence electrons. The zero-order chi connectivity index (χ0) is 11.1. The Bertz CT molecular complexity index is 355. The molecule has 0 saturated heterocycles. The van der Waals surface area contributed by atoms with Crippen LogP contribution in [0.5, 0.6) is 0 Å². The molecule has 0 radical (unpaired) electrons. The minimum Gasteiger partial charge on any atom is -0.380 e. The predicted octanol–water partition coefficient (Wildman–Crippen LogP) is 2.42. The summed E-state index contributed by atoms with van der Waals surface area (Å²) < 4.78 is 5.08. The van der Waals surface area contributed by atoms with E-state index < -0.39 is 0 Å². The third kappa shape index (κ3) is 1.68. The van der Waals surface area contributed by atoms with Gasteiger partial charge in [0.2, 0.25) is 0 Å². The van der Waals surface area contributed by atoms with Crippen molar-refractivity contribution in [2.45, 2.75) is 32.4 Å². The van der Waals surface area contributed by atoms with Crippen LogP contribution >= 0.6 is 0 Å². The Labute approximate surface area is 91.4 Å². The second-order valence-electron chi connectivity index (χ2n) is 5.16. The van der Waals surface area contributed by atoms with E-state index in [1.165, 1.54) is 11.1 Å². The van der Waals surface area contributed by atoms with Crippen LogP contribution in [0, 0.1) is 5.41 Å². The summed E-state index contributed by atoms with van der Waals surface area (Å²) in [5.74, 6) is 0. The van der Waals surface area contributed by atoms with E-state index >= 15 is 0 Å². The molecule has 2 rings (SSSR count). The first-order valence-corrected chi connectivity index (χ1v) is 5.37. The van der Waals surface area contributed by atoms with Gasteiger partial charge < -0.3 is 10.5 Å². The van der Waals surface area contributed by atoms with Crippen LogP contribution < -0.4 is 5.73 Å². The van der Waals surface area contributed by atoms with Gasteiger partial charge in [-0.1, -0.05) is 38.1 Å². The SMILES string of the molecule is COCc1ccc(C2(N)CC2(C)C)cc1. The van der Waals surface area contributed by atoms with Gasteiger partial charge >= 0.3 is 0 Å². The topological polar surface area (TPSA) is 35.2 Å². The highest BCUT2D eigenvalue weighted by molar-refractivity contribution is 5.36. The van der Waals surface area contributed by atoms with Gasteiger partial charge in [-0.2, -0.15) is 0 Å². The number of hydrogen-bond donors (Lipinski definition) is 1. The van der Waals surface area contributed by atoms with E-state index in [4.69, 9.17) is 10.5 Å². The quantitative estimate of drug-likeness (QED) is 0.822. The van der Waals surface area contributed by atoms with Crippen LogP contribution in [0.15, 0.2) is 24.3 Å². The van der Waals surface area contributed by atoms with Crippen LogP contribution in [0.25, 0.3) is 0 Å². The number of ether oxygens (including phenoxy) is 1. The minimum atomic E-state index is -0.112. The molecule has 0 heterocycles. The highest BCUT2D eigenvalue weighted by Gasteiger charge is 2.59. The van der Waals surface area contributed by atoms with Crippen molar-refractivity contribution in [1.29, 1.82) is 0 Å². The van der Waals surface area contributed by atoms with E-state index in [0.29, 0.717) is 6.61 Å². The Hall–Kier alpha value is -0.860. The smallest absolute Gasteiger partial charge is 0.0713 e. The predicted molar refractivity (Wildman–Crippen MR) is 61.4 cm³/mol. The standard InChI is InChI=1S/C13H19NO/c1-12(2)9-13(12,14)11-6-4-10(5-7-11)8-15-3/h4-7H,8-9,14H2,1-3H3. The van der Waals surface area contributed by atoms with Gasteiger partial charge in [0.05, 0.1) is 6.61 Å². The summed E-state index contributed by atoms with van der Waals surface area (Å²) in [6.45, 7) is 5.10. The number of nitrogens with two attached hydrogens (primary N) is 1. The van der Waals surface area contributed by atoms with E-state index in [1.807, 2.05) is 0 Å². The molecule has 1 aromatic carbocycles. The molecular formula is C13H19NO. The van der Waals surface area contributed by atoms with E-state index in [9.17, 15) is 0 Å². The maximum absolute atomic E-state index is 6.34. The van der Waals surface area contributed by atoms with Crippen molar-refractivity contribution in [2.75, 3.05) is 7.11 Å². The first-order chi connectivity index (χ1) is 6.99. The molecule has 2 N–H and O–H groups in total. The van der Waals surface area contributed by atoms with Gasteiger partial charge in [-0.3, -0.25) is 0 Å². The summed E-state index contributed by atoms with van der Waals surface area (Å²) in [6, 6.07) is 8.45. The Kier molecular flexibility index (Phi) is 2.36. The Morgan fingerprint density at radius 2 is 1.80 bits per heavy atom. The molecule has 1 aromatic rings. The lowest BCUT2D eigenvalue weighted by molar-refractivity contribution is 0.185. The third-order valence-corrected chi connectivity index (χ3v) is 3.58. The van der Waals surface area contributed by atoms with E-state index in [0.717, 1.165) is 6.42 Å². The minimum absolute atomic E-state index is 0.112. The van der Waals surface area contributed by atoms with E-state index in [-0.39, 0.29) is 11.0 Å². The monoisotopic (exact) mass is 205 g/mol. The molecule has 1 aliphatic rings.